The number of hydrogen-bond donors (Lipinski definition) is 0. The standard InChI is InChI=1S/C24H28ClN3O3S2.ClH/c1-30-20-10-9-19(25)23-22(20)26-24(33-23)28(12-11-27-13-15-31-16-14-27)21(29)8-5-17-32-18-6-3-2-4-7-18;/h2-4,6-7,9-10H,5,8,11-17H2,1H3;1H. The van der Waals surface area contributed by atoms with E-state index >= 15 is 0 Å². The van der Waals surface area contributed by atoms with Crippen molar-refractivity contribution in [1.29, 1.82) is 0 Å². The Morgan fingerprint density at radius 1 is 1.24 bits per heavy atom. The SMILES string of the molecule is COc1ccc(Cl)c2sc(N(CCN3CCOCC3)C(=O)CCCSc3ccccc3)nc12.Cl. The summed E-state index contributed by atoms with van der Waals surface area (Å²) in [7, 11) is 1.62. The van der Waals surface area contributed by atoms with Gasteiger partial charge in [-0.3, -0.25) is 14.6 Å². The number of hydrogen-bond acceptors (Lipinski definition) is 7. The number of morpholine rings is 1. The quantitative estimate of drug-likeness (QED) is 0.245. The maximum atomic E-state index is 13.3. The second-order valence-corrected chi connectivity index (χ2v) is 10.2. The van der Waals surface area contributed by atoms with E-state index in [1.54, 1.807) is 18.9 Å². The van der Waals surface area contributed by atoms with Gasteiger partial charge in [-0.25, -0.2) is 4.98 Å². The third kappa shape index (κ3) is 6.99. The van der Waals surface area contributed by atoms with Crippen LogP contribution in [0.4, 0.5) is 5.13 Å². The fourth-order valence-electron chi connectivity index (χ4n) is 3.68. The third-order valence-electron chi connectivity index (χ3n) is 5.49. The number of carbonyl (C=O) groups excluding carboxylic acids is 1. The monoisotopic (exact) mass is 541 g/mol. The zero-order valence-corrected chi connectivity index (χ0v) is 22.3. The van der Waals surface area contributed by atoms with Crippen LogP contribution in [0.1, 0.15) is 12.8 Å². The van der Waals surface area contributed by atoms with Crippen molar-refractivity contribution < 1.29 is 14.3 Å². The fourth-order valence-corrected chi connectivity index (χ4v) is 5.85. The molecular formula is C24H29Cl2N3O3S2. The molecule has 4 rings (SSSR count). The molecule has 1 aliphatic rings. The maximum absolute atomic E-state index is 13.3. The van der Waals surface area contributed by atoms with Crippen molar-refractivity contribution >= 4 is 68.4 Å². The minimum Gasteiger partial charge on any atom is -0.494 e. The molecule has 10 heteroatoms. The first-order valence-corrected chi connectivity index (χ1v) is 13.2. The predicted octanol–water partition coefficient (Wildman–Crippen LogP) is 5.62. The maximum Gasteiger partial charge on any atom is 0.228 e. The number of thiazole rings is 1. The summed E-state index contributed by atoms with van der Waals surface area (Å²) in [6.07, 6.45) is 1.28. The van der Waals surface area contributed by atoms with E-state index in [-0.39, 0.29) is 18.3 Å². The molecule has 0 radical (unpaired) electrons. The molecule has 0 aliphatic carbocycles. The van der Waals surface area contributed by atoms with Crippen LogP contribution in [0.3, 0.4) is 0 Å². The van der Waals surface area contributed by atoms with Gasteiger partial charge < -0.3 is 9.47 Å². The lowest BCUT2D eigenvalue weighted by atomic mass is 10.3. The molecule has 2 heterocycles. The van der Waals surface area contributed by atoms with Crippen LogP contribution in [0.25, 0.3) is 10.2 Å². The van der Waals surface area contributed by atoms with E-state index in [9.17, 15) is 4.79 Å². The summed E-state index contributed by atoms with van der Waals surface area (Å²) in [5.41, 5.74) is 0.703. The molecule has 6 nitrogen and oxygen atoms in total. The minimum absolute atomic E-state index is 0. The Bertz CT molecular complexity index is 1060. The summed E-state index contributed by atoms with van der Waals surface area (Å²) < 4.78 is 11.8. The summed E-state index contributed by atoms with van der Waals surface area (Å²) in [6, 6.07) is 13.9. The molecule has 1 aliphatic heterocycles. The number of anilines is 1. The molecule has 3 aromatic rings. The number of nitrogens with zero attached hydrogens (tertiary/aromatic N) is 3. The van der Waals surface area contributed by atoms with Crippen LogP contribution in [0.15, 0.2) is 47.4 Å². The van der Waals surface area contributed by atoms with E-state index in [0.29, 0.717) is 34.4 Å². The second kappa shape index (κ2) is 13.5. The molecule has 0 unspecified atom stereocenters. The van der Waals surface area contributed by atoms with Gasteiger partial charge in [0, 0.05) is 37.5 Å². The van der Waals surface area contributed by atoms with Crippen LogP contribution in [-0.2, 0) is 9.53 Å². The molecule has 0 atom stereocenters. The van der Waals surface area contributed by atoms with Gasteiger partial charge in [0.05, 0.1) is 30.0 Å². The lowest BCUT2D eigenvalue weighted by Crippen LogP contribution is -2.43. The Morgan fingerprint density at radius 3 is 2.74 bits per heavy atom. The molecular weight excluding hydrogens is 513 g/mol. The number of rotatable bonds is 10. The lowest BCUT2D eigenvalue weighted by molar-refractivity contribution is -0.118. The van der Waals surface area contributed by atoms with Gasteiger partial charge in [-0.05, 0) is 36.4 Å². The van der Waals surface area contributed by atoms with E-state index in [2.05, 4.69) is 17.0 Å². The molecule has 0 bridgehead atoms. The Labute approximate surface area is 220 Å². The number of ether oxygens (including phenoxy) is 2. The number of carbonyl (C=O) groups is 1. The van der Waals surface area contributed by atoms with Crippen LogP contribution in [0, 0.1) is 0 Å². The van der Waals surface area contributed by atoms with Gasteiger partial charge in [0.15, 0.2) is 5.13 Å². The van der Waals surface area contributed by atoms with Gasteiger partial charge in [-0.2, -0.15) is 0 Å². The minimum atomic E-state index is 0. The van der Waals surface area contributed by atoms with Crippen LogP contribution in [-0.4, -0.2) is 68.0 Å². The molecule has 1 aromatic heterocycles. The summed E-state index contributed by atoms with van der Waals surface area (Å²) in [6.45, 7) is 4.61. The first kappa shape index (κ1) is 27.0. The molecule has 1 amide bonds. The van der Waals surface area contributed by atoms with Crippen molar-refractivity contribution in [2.24, 2.45) is 0 Å². The van der Waals surface area contributed by atoms with Crippen LogP contribution in [0.5, 0.6) is 5.75 Å². The molecule has 1 fully saturated rings. The predicted molar refractivity (Wildman–Crippen MR) is 144 cm³/mol. The van der Waals surface area contributed by atoms with E-state index in [4.69, 9.17) is 26.1 Å². The number of thioether (sulfide) groups is 1. The summed E-state index contributed by atoms with van der Waals surface area (Å²) >= 11 is 9.65. The van der Waals surface area contributed by atoms with E-state index in [1.807, 2.05) is 35.2 Å². The Balaban J connectivity index is 0.00000324. The number of amides is 1. The molecule has 1 saturated heterocycles. The van der Waals surface area contributed by atoms with Crippen LogP contribution < -0.4 is 9.64 Å². The normalized spacial score (nSPS) is 14.1. The Kier molecular flexibility index (Phi) is 10.8. The van der Waals surface area contributed by atoms with Crippen molar-refractivity contribution in [2.45, 2.75) is 17.7 Å². The van der Waals surface area contributed by atoms with Crippen molar-refractivity contribution in [3.8, 4) is 5.75 Å². The van der Waals surface area contributed by atoms with Gasteiger partial charge in [0.1, 0.15) is 11.3 Å². The van der Waals surface area contributed by atoms with E-state index in [0.717, 1.165) is 49.7 Å². The van der Waals surface area contributed by atoms with E-state index < -0.39 is 0 Å². The summed E-state index contributed by atoms with van der Waals surface area (Å²) in [4.78, 5) is 23.5. The largest absolute Gasteiger partial charge is 0.494 e. The lowest BCUT2D eigenvalue weighted by Gasteiger charge is -2.29. The fraction of sp³-hybridized carbons (Fsp3) is 0.417. The zero-order chi connectivity index (χ0) is 23.0. The number of fused-ring (bicyclic) bond motifs is 1. The Morgan fingerprint density at radius 2 is 2.00 bits per heavy atom. The molecule has 2 aromatic carbocycles. The average molecular weight is 543 g/mol. The number of aromatic nitrogens is 1. The second-order valence-electron chi connectivity index (χ2n) is 7.69. The summed E-state index contributed by atoms with van der Waals surface area (Å²) in [5, 5.41) is 1.29. The number of benzene rings is 2. The highest BCUT2D eigenvalue weighted by Crippen LogP contribution is 2.39. The smallest absolute Gasteiger partial charge is 0.228 e. The first-order valence-electron chi connectivity index (χ1n) is 11.1. The van der Waals surface area contributed by atoms with Crippen molar-refractivity contribution in [3.63, 3.8) is 0 Å². The molecule has 0 N–H and O–H groups in total. The molecule has 184 valence electrons. The van der Waals surface area contributed by atoms with Crippen LogP contribution >= 0.6 is 47.1 Å². The molecule has 34 heavy (non-hydrogen) atoms. The average Bonchev–Trinajstić information content (AvgIpc) is 3.30. The topological polar surface area (TPSA) is 54.9 Å². The van der Waals surface area contributed by atoms with Gasteiger partial charge in [-0.1, -0.05) is 41.1 Å². The van der Waals surface area contributed by atoms with Gasteiger partial charge in [0.2, 0.25) is 5.91 Å². The zero-order valence-electron chi connectivity index (χ0n) is 19.1. The highest BCUT2D eigenvalue weighted by atomic mass is 35.5. The summed E-state index contributed by atoms with van der Waals surface area (Å²) in [5.74, 6) is 1.65. The van der Waals surface area contributed by atoms with Gasteiger partial charge in [-0.15, -0.1) is 24.2 Å². The van der Waals surface area contributed by atoms with Gasteiger partial charge in [0.25, 0.3) is 0 Å². The van der Waals surface area contributed by atoms with Crippen LogP contribution in [0.2, 0.25) is 5.02 Å². The molecule has 0 spiro atoms. The van der Waals surface area contributed by atoms with Crippen molar-refractivity contribution in [2.75, 3.05) is 57.2 Å². The first-order chi connectivity index (χ1) is 16.2. The molecule has 0 saturated carbocycles. The van der Waals surface area contributed by atoms with Gasteiger partial charge >= 0.3 is 0 Å². The number of methoxy groups -OCH3 is 1. The highest BCUT2D eigenvalue weighted by molar-refractivity contribution is 7.99. The Hall–Kier alpha value is -1.55. The van der Waals surface area contributed by atoms with Crippen molar-refractivity contribution in [3.05, 3.63) is 47.5 Å². The van der Waals surface area contributed by atoms with E-state index in [1.165, 1.54) is 16.2 Å². The third-order valence-corrected chi connectivity index (χ3v) is 8.13. The number of halogens is 2. The van der Waals surface area contributed by atoms with Crippen molar-refractivity contribution in [1.82, 2.24) is 9.88 Å². The highest BCUT2D eigenvalue weighted by Gasteiger charge is 2.23.